The number of aryl methyl sites for hydroxylation is 1. The van der Waals surface area contributed by atoms with Crippen LogP contribution in [0.3, 0.4) is 0 Å². The number of aromatic amines is 1. The lowest BCUT2D eigenvalue weighted by atomic mass is 9.93. The number of likely N-dealkylation sites (N-methyl/N-ethyl adjacent to an activating group) is 1. The van der Waals surface area contributed by atoms with Crippen LogP contribution < -0.4 is 29.9 Å². The van der Waals surface area contributed by atoms with Crippen molar-refractivity contribution in [2.75, 3.05) is 27.3 Å². The van der Waals surface area contributed by atoms with Crippen LogP contribution in [0.25, 0.3) is 6.08 Å². The summed E-state index contributed by atoms with van der Waals surface area (Å²) in [6, 6.07) is 9.88. The van der Waals surface area contributed by atoms with E-state index in [9.17, 15) is 24.5 Å². The van der Waals surface area contributed by atoms with Crippen LogP contribution in [0.15, 0.2) is 78.4 Å². The molecule has 0 radical (unpaired) electrons. The Morgan fingerprint density at radius 2 is 1.87 bits per heavy atom. The van der Waals surface area contributed by atoms with E-state index in [4.69, 9.17) is 14.5 Å². The van der Waals surface area contributed by atoms with Crippen molar-refractivity contribution in [1.82, 2.24) is 19.4 Å². The highest BCUT2D eigenvalue weighted by molar-refractivity contribution is 7.99. The molecule has 0 aliphatic carbocycles. The monoisotopic (exact) mass is 676 g/mol. The number of fused-ring (bicyclic) bond motifs is 1. The van der Waals surface area contributed by atoms with Crippen molar-refractivity contribution < 1.29 is 19.2 Å². The molecule has 2 aromatic heterocycles. The molecule has 0 bridgehead atoms. The van der Waals surface area contributed by atoms with Crippen LogP contribution in [-0.2, 0) is 4.79 Å². The summed E-state index contributed by atoms with van der Waals surface area (Å²) in [7, 11) is 3.03. The van der Waals surface area contributed by atoms with E-state index in [0.717, 1.165) is 23.1 Å². The van der Waals surface area contributed by atoms with Crippen LogP contribution in [0, 0.1) is 17.0 Å². The number of aromatic nitrogens is 3. The van der Waals surface area contributed by atoms with Gasteiger partial charge < -0.3 is 19.4 Å². The third-order valence-corrected chi connectivity index (χ3v) is 9.54. The smallest absolute Gasteiger partial charge is 0.271 e. The van der Waals surface area contributed by atoms with Gasteiger partial charge in [-0.1, -0.05) is 23.1 Å². The molecule has 15 heteroatoms. The van der Waals surface area contributed by atoms with E-state index in [1.807, 2.05) is 13.8 Å². The molecule has 2 aromatic carbocycles. The summed E-state index contributed by atoms with van der Waals surface area (Å²) in [5, 5.41) is 12.0. The highest BCUT2D eigenvalue weighted by Gasteiger charge is 2.36. The summed E-state index contributed by atoms with van der Waals surface area (Å²) >= 11 is 2.20. The van der Waals surface area contributed by atoms with E-state index in [1.54, 1.807) is 49.1 Å². The van der Waals surface area contributed by atoms with Gasteiger partial charge in [-0.3, -0.25) is 29.1 Å². The summed E-state index contributed by atoms with van der Waals surface area (Å²) in [6.07, 6.45) is 1.55. The molecule has 5 rings (SSSR count). The first-order valence-electron chi connectivity index (χ1n) is 14.6. The summed E-state index contributed by atoms with van der Waals surface area (Å²) in [4.78, 5) is 65.9. The van der Waals surface area contributed by atoms with Gasteiger partial charge in [0.1, 0.15) is 17.5 Å². The molecular weight excluding hydrogens is 645 g/mol. The highest BCUT2D eigenvalue weighted by Crippen LogP contribution is 2.38. The van der Waals surface area contributed by atoms with Gasteiger partial charge in [-0.25, -0.2) is 9.98 Å². The normalized spacial score (nSPS) is 14.4. The molecule has 0 fully saturated rings. The van der Waals surface area contributed by atoms with Gasteiger partial charge in [0.05, 0.1) is 34.9 Å². The number of amides is 1. The first kappa shape index (κ1) is 33.3. The number of ether oxygens (including phenoxy) is 2. The fourth-order valence-corrected chi connectivity index (χ4v) is 7.28. The Bertz CT molecular complexity index is 2170. The predicted octanol–water partition coefficient (Wildman–Crippen LogP) is 3.57. The number of benzene rings is 2. The average molecular weight is 677 g/mol. The zero-order valence-corrected chi connectivity index (χ0v) is 28.2. The minimum absolute atomic E-state index is 0.180. The van der Waals surface area contributed by atoms with E-state index in [2.05, 4.69) is 9.97 Å². The highest BCUT2D eigenvalue weighted by atomic mass is 32.2. The number of thiazole rings is 1. The molecule has 244 valence electrons. The average Bonchev–Trinajstić information content (AvgIpc) is 3.34. The molecule has 1 amide bonds. The van der Waals surface area contributed by atoms with Gasteiger partial charge in [-0.05, 0) is 63.6 Å². The molecule has 0 saturated heterocycles. The molecule has 47 heavy (non-hydrogen) atoms. The van der Waals surface area contributed by atoms with Crippen LogP contribution in [-0.4, -0.2) is 57.6 Å². The molecule has 4 aromatic rings. The van der Waals surface area contributed by atoms with E-state index < -0.39 is 16.5 Å². The predicted molar refractivity (Wildman–Crippen MR) is 178 cm³/mol. The number of methoxy groups -OCH3 is 2. The van der Waals surface area contributed by atoms with Gasteiger partial charge in [0.2, 0.25) is 0 Å². The van der Waals surface area contributed by atoms with Crippen molar-refractivity contribution in [2.24, 2.45) is 4.99 Å². The summed E-state index contributed by atoms with van der Waals surface area (Å²) < 4.78 is 12.9. The van der Waals surface area contributed by atoms with Gasteiger partial charge in [0.15, 0.2) is 9.96 Å². The number of nitro groups is 1. The lowest BCUT2D eigenvalue weighted by Crippen LogP contribution is -2.43. The minimum Gasteiger partial charge on any atom is -0.497 e. The molecule has 0 saturated carbocycles. The lowest BCUT2D eigenvalue weighted by Gasteiger charge is -2.30. The number of nitrogens with zero attached hydrogens (tertiary/aromatic N) is 5. The van der Waals surface area contributed by atoms with Gasteiger partial charge in [0.25, 0.3) is 22.7 Å². The first-order chi connectivity index (χ1) is 22.5. The molecule has 13 nitrogen and oxygen atoms in total. The van der Waals surface area contributed by atoms with Crippen LogP contribution in [0.5, 0.6) is 11.5 Å². The number of rotatable bonds is 10. The third-order valence-electron chi connectivity index (χ3n) is 7.58. The number of nitro benzene ring substituents is 1. The van der Waals surface area contributed by atoms with E-state index >= 15 is 0 Å². The number of nitrogens with one attached hydrogen (secondary N) is 1. The molecule has 1 atom stereocenters. The summed E-state index contributed by atoms with van der Waals surface area (Å²) in [5.41, 5.74) is 1.20. The van der Waals surface area contributed by atoms with Crippen molar-refractivity contribution in [3.05, 3.63) is 111 Å². The Morgan fingerprint density at radius 1 is 1.13 bits per heavy atom. The fourth-order valence-electron chi connectivity index (χ4n) is 5.32. The maximum absolute atomic E-state index is 14.4. The molecule has 0 unspecified atom stereocenters. The maximum atomic E-state index is 14.4. The largest absolute Gasteiger partial charge is 0.497 e. The number of hydrogen-bond donors (Lipinski definition) is 1. The number of non-ortho nitro benzene ring substituents is 1. The number of hydrogen-bond acceptors (Lipinski definition) is 11. The van der Waals surface area contributed by atoms with Gasteiger partial charge in [0, 0.05) is 47.4 Å². The Labute approximate surface area is 277 Å². The Balaban J connectivity index is 1.77. The molecule has 0 spiro atoms. The molecule has 3 heterocycles. The Hall–Kier alpha value is -5.02. The molecule has 1 aliphatic heterocycles. The number of allylic oxidation sites excluding steroid dienone is 1. The topological polar surface area (TPSA) is 162 Å². The minimum atomic E-state index is -0.910. The Kier molecular flexibility index (Phi) is 9.77. The van der Waals surface area contributed by atoms with Crippen LogP contribution in [0.1, 0.15) is 43.6 Å². The number of H-pyrrole nitrogens is 1. The second-order valence-corrected chi connectivity index (χ2v) is 12.5. The van der Waals surface area contributed by atoms with Crippen molar-refractivity contribution in [3.63, 3.8) is 0 Å². The maximum Gasteiger partial charge on any atom is 0.271 e. The van der Waals surface area contributed by atoms with Crippen LogP contribution in [0.2, 0.25) is 0 Å². The lowest BCUT2D eigenvalue weighted by molar-refractivity contribution is -0.384. The van der Waals surface area contributed by atoms with E-state index in [0.29, 0.717) is 67.5 Å². The second-order valence-electron chi connectivity index (χ2n) is 10.4. The standard InChI is InChI=1S/C32H32N6O7S2/c1-7-36(8-2)30(41)27-18(4)34-32-37(28(27)22-16-21(44-5)10-11-23(22)45-6)29(40)25(47-32)15-19-14-20(38(42)43)9-12-24(19)46-31-33-17(3)13-26(39)35-31/h9-16,28H,7-8H2,1-6H3,(H,33,35,39)/b25-15-/t28-/m0/s1. The number of carbonyl (C=O) groups is 1. The third kappa shape index (κ3) is 6.62. The van der Waals surface area contributed by atoms with Crippen molar-refractivity contribution in [3.8, 4) is 11.5 Å². The van der Waals surface area contributed by atoms with Gasteiger partial charge in [-0.15, -0.1) is 0 Å². The molecule has 1 aliphatic rings. The molecule has 1 N–H and O–H groups in total. The SMILES string of the molecule is CCN(CC)C(=O)C1=C(C)N=c2s/c(=C\c3cc([N+](=O)[O-])ccc3Sc3nc(C)cc(=O)[nH]3)c(=O)n2[C@H]1c1cc(OC)ccc1OC. The van der Waals surface area contributed by atoms with Crippen molar-refractivity contribution in [1.29, 1.82) is 0 Å². The van der Waals surface area contributed by atoms with Crippen LogP contribution in [0.4, 0.5) is 5.69 Å². The van der Waals surface area contributed by atoms with E-state index in [1.165, 1.54) is 37.0 Å². The van der Waals surface area contributed by atoms with Crippen LogP contribution >= 0.6 is 23.1 Å². The van der Waals surface area contributed by atoms with Gasteiger partial charge >= 0.3 is 0 Å². The summed E-state index contributed by atoms with van der Waals surface area (Å²) in [5.74, 6) is 0.688. The molecular formula is C32H32N6O7S2. The van der Waals surface area contributed by atoms with E-state index in [-0.39, 0.29) is 21.7 Å². The second kappa shape index (κ2) is 13.8. The first-order valence-corrected chi connectivity index (χ1v) is 16.2. The summed E-state index contributed by atoms with van der Waals surface area (Å²) in [6.45, 7) is 8.08. The zero-order chi connectivity index (χ0) is 34.0. The van der Waals surface area contributed by atoms with Gasteiger partial charge in [-0.2, -0.15) is 0 Å². The van der Waals surface area contributed by atoms with Crippen molar-refractivity contribution >= 4 is 40.8 Å². The van der Waals surface area contributed by atoms with Crippen molar-refractivity contribution in [2.45, 2.75) is 43.8 Å². The number of carbonyl (C=O) groups excluding carboxylic acids is 1. The zero-order valence-electron chi connectivity index (χ0n) is 26.5. The fraction of sp³-hybridized carbons (Fsp3) is 0.281. The quantitative estimate of drug-likeness (QED) is 0.150. The Morgan fingerprint density at radius 3 is 2.51 bits per heavy atom.